The zero-order valence-electron chi connectivity index (χ0n) is 11.4. The van der Waals surface area contributed by atoms with Gasteiger partial charge in [0.05, 0.1) is 0 Å². The summed E-state index contributed by atoms with van der Waals surface area (Å²) < 4.78 is 5.00. The van der Waals surface area contributed by atoms with E-state index in [2.05, 4.69) is 25.5 Å². The number of ether oxygens (including phenoxy) is 1. The van der Waals surface area contributed by atoms with Gasteiger partial charge in [0.1, 0.15) is 18.0 Å². The van der Waals surface area contributed by atoms with Gasteiger partial charge in [-0.15, -0.1) is 0 Å². The summed E-state index contributed by atoms with van der Waals surface area (Å²) in [5.74, 6) is 1.78. The van der Waals surface area contributed by atoms with Gasteiger partial charge in [-0.05, 0) is 13.5 Å². The first-order valence-corrected chi connectivity index (χ1v) is 6.18. The van der Waals surface area contributed by atoms with Crippen LogP contribution in [0.4, 0.5) is 11.6 Å². The third kappa shape index (κ3) is 5.29. The Morgan fingerprint density at radius 3 is 2.89 bits per heavy atom. The third-order valence-electron chi connectivity index (χ3n) is 2.57. The minimum absolute atomic E-state index is 0.757. The maximum atomic E-state index is 5.00. The molecule has 18 heavy (non-hydrogen) atoms. The van der Waals surface area contributed by atoms with Crippen molar-refractivity contribution in [3.05, 3.63) is 12.4 Å². The maximum Gasteiger partial charge on any atom is 0.133 e. The van der Waals surface area contributed by atoms with Crippen LogP contribution in [-0.2, 0) is 4.74 Å². The molecule has 0 atom stereocenters. The average Bonchev–Trinajstić information content (AvgIpc) is 2.41. The van der Waals surface area contributed by atoms with Crippen LogP contribution >= 0.6 is 0 Å². The first-order valence-electron chi connectivity index (χ1n) is 6.18. The normalized spacial score (nSPS) is 10.4. The SMILES string of the molecule is CNCCN(C)c1cc(NCCCOC)ncn1. The molecule has 1 aromatic rings. The number of aromatic nitrogens is 2. The second-order valence-electron chi connectivity index (χ2n) is 4.06. The molecule has 0 aliphatic rings. The molecular weight excluding hydrogens is 230 g/mol. The van der Waals surface area contributed by atoms with Crippen LogP contribution in [-0.4, -0.2) is 57.4 Å². The number of methoxy groups -OCH3 is 1. The number of likely N-dealkylation sites (N-methyl/N-ethyl adjacent to an activating group) is 2. The molecule has 0 radical (unpaired) electrons. The minimum atomic E-state index is 0.757. The molecule has 1 aromatic heterocycles. The highest BCUT2D eigenvalue weighted by molar-refractivity contribution is 5.47. The summed E-state index contributed by atoms with van der Waals surface area (Å²) in [6.07, 6.45) is 2.55. The highest BCUT2D eigenvalue weighted by atomic mass is 16.5. The second-order valence-corrected chi connectivity index (χ2v) is 4.06. The molecule has 1 rings (SSSR count). The van der Waals surface area contributed by atoms with E-state index in [1.807, 2.05) is 20.2 Å². The summed E-state index contributed by atoms with van der Waals surface area (Å²) in [6, 6.07) is 1.96. The molecule has 102 valence electrons. The lowest BCUT2D eigenvalue weighted by molar-refractivity contribution is 0.198. The van der Waals surface area contributed by atoms with Crippen molar-refractivity contribution in [1.29, 1.82) is 0 Å². The van der Waals surface area contributed by atoms with E-state index in [9.17, 15) is 0 Å². The zero-order chi connectivity index (χ0) is 13.2. The predicted molar refractivity (Wildman–Crippen MR) is 74.2 cm³/mol. The van der Waals surface area contributed by atoms with Crippen LogP contribution in [0.15, 0.2) is 12.4 Å². The Morgan fingerprint density at radius 1 is 1.33 bits per heavy atom. The highest BCUT2D eigenvalue weighted by Gasteiger charge is 2.03. The van der Waals surface area contributed by atoms with Gasteiger partial charge in [0.25, 0.3) is 0 Å². The van der Waals surface area contributed by atoms with Crippen molar-refractivity contribution in [2.75, 3.05) is 57.7 Å². The molecule has 6 nitrogen and oxygen atoms in total. The average molecular weight is 253 g/mol. The molecule has 0 aromatic carbocycles. The van der Waals surface area contributed by atoms with Crippen LogP contribution in [0.3, 0.4) is 0 Å². The van der Waals surface area contributed by atoms with E-state index in [4.69, 9.17) is 4.74 Å². The number of nitrogens with one attached hydrogen (secondary N) is 2. The van der Waals surface area contributed by atoms with Gasteiger partial charge < -0.3 is 20.3 Å². The van der Waals surface area contributed by atoms with Crippen molar-refractivity contribution < 1.29 is 4.74 Å². The van der Waals surface area contributed by atoms with Crippen molar-refractivity contribution in [2.45, 2.75) is 6.42 Å². The summed E-state index contributed by atoms with van der Waals surface area (Å²) in [6.45, 7) is 3.45. The van der Waals surface area contributed by atoms with Crippen LogP contribution in [0, 0.1) is 0 Å². The topological polar surface area (TPSA) is 62.3 Å². The maximum absolute atomic E-state index is 5.00. The number of hydrogen-bond donors (Lipinski definition) is 2. The number of nitrogens with zero attached hydrogens (tertiary/aromatic N) is 3. The lowest BCUT2D eigenvalue weighted by Crippen LogP contribution is -2.27. The minimum Gasteiger partial charge on any atom is -0.385 e. The Balaban J connectivity index is 2.45. The lowest BCUT2D eigenvalue weighted by Gasteiger charge is -2.18. The van der Waals surface area contributed by atoms with Gasteiger partial charge in [0, 0.05) is 46.5 Å². The van der Waals surface area contributed by atoms with Crippen molar-refractivity contribution in [2.24, 2.45) is 0 Å². The molecule has 0 spiro atoms. The molecule has 0 aliphatic heterocycles. The smallest absolute Gasteiger partial charge is 0.133 e. The van der Waals surface area contributed by atoms with Crippen molar-refractivity contribution in [3.63, 3.8) is 0 Å². The van der Waals surface area contributed by atoms with E-state index in [-0.39, 0.29) is 0 Å². The summed E-state index contributed by atoms with van der Waals surface area (Å²) in [4.78, 5) is 10.5. The van der Waals surface area contributed by atoms with Crippen LogP contribution in [0.25, 0.3) is 0 Å². The van der Waals surface area contributed by atoms with Gasteiger partial charge in [-0.2, -0.15) is 0 Å². The van der Waals surface area contributed by atoms with Crippen molar-refractivity contribution >= 4 is 11.6 Å². The van der Waals surface area contributed by atoms with E-state index in [0.717, 1.165) is 44.3 Å². The molecule has 0 amide bonds. The zero-order valence-corrected chi connectivity index (χ0v) is 11.4. The molecule has 1 heterocycles. The van der Waals surface area contributed by atoms with Crippen LogP contribution in [0.1, 0.15) is 6.42 Å². The van der Waals surface area contributed by atoms with Gasteiger partial charge in [-0.25, -0.2) is 9.97 Å². The van der Waals surface area contributed by atoms with E-state index in [0.29, 0.717) is 0 Å². The number of rotatable bonds is 9. The molecule has 6 heteroatoms. The number of anilines is 2. The van der Waals surface area contributed by atoms with Crippen LogP contribution in [0.2, 0.25) is 0 Å². The molecule has 0 aliphatic carbocycles. The summed E-state index contributed by atoms with van der Waals surface area (Å²) in [5.41, 5.74) is 0. The molecule has 0 saturated carbocycles. The fourth-order valence-electron chi connectivity index (χ4n) is 1.48. The highest BCUT2D eigenvalue weighted by Crippen LogP contribution is 2.11. The number of hydrogen-bond acceptors (Lipinski definition) is 6. The van der Waals surface area contributed by atoms with Gasteiger partial charge in [0.2, 0.25) is 0 Å². The van der Waals surface area contributed by atoms with Gasteiger partial charge in [-0.3, -0.25) is 0 Å². The summed E-state index contributed by atoms with van der Waals surface area (Å²) >= 11 is 0. The molecule has 0 fully saturated rings. The predicted octanol–water partition coefficient (Wildman–Crippen LogP) is 0.581. The van der Waals surface area contributed by atoms with E-state index >= 15 is 0 Å². The quantitative estimate of drug-likeness (QED) is 0.628. The van der Waals surface area contributed by atoms with E-state index < -0.39 is 0 Å². The Labute approximate surface area is 109 Å². The Kier molecular flexibility index (Phi) is 7.05. The molecule has 0 saturated heterocycles. The fourth-order valence-corrected chi connectivity index (χ4v) is 1.48. The van der Waals surface area contributed by atoms with Gasteiger partial charge >= 0.3 is 0 Å². The summed E-state index contributed by atoms with van der Waals surface area (Å²) in [5, 5.41) is 6.37. The first-order chi connectivity index (χ1) is 8.77. The van der Waals surface area contributed by atoms with Gasteiger partial charge in [-0.1, -0.05) is 0 Å². The first kappa shape index (κ1) is 14.7. The van der Waals surface area contributed by atoms with E-state index in [1.54, 1.807) is 13.4 Å². The largest absolute Gasteiger partial charge is 0.385 e. The third-order valence-corrected chi connectivity index (χ3v) is 2.57. The summed E-state index contributed by atoms with van der Waals surface area (Å²) in [7, 11) is 5.67. The molecule has 0 unspecified atom stereocenters. The van der Waals surface area contributed by atoms with Crippen LogP contribution < -0.4 is 15.5 Å². The standard InChI is InChI=1S/C12H23N5O/c1-13-6-7-17(2)12-9-11(15-10-16-12)14-5-4-8-18-3/h9-10,13H,4-8H2,1-3H3,(H,14,15,16). The Hall–Kier alpha value is -1.40. The Morgan fingerprint density at radius 2 is 2.17 bits per heavy atom. The van der Waals surface area contributed by atoms with Gasteiger partial charge in [0.15, 0.2) is 0 Å². The monoisotopic (exact) mass is 253 g/mol. The molecule has 2 N–H and O–H groups in total. The fraction of sp³-hybridized carbons (Fsp3) is 0.667. The molecule has 0 bridgehead atoms. The Bertz CT molecular complexity index is 334. The molecular formula is C12H23N5O. The van der Waals surface area contributed by atoms with Crippen molar-refractivity contribution in [3.8, 4) is 0 Å². The van der Waals surface area contributed by atoms with Crippen LogP contribution in [0.5, 0.6) is 0 Å². The second kappa shape index (κ2) is 8.66. The van der Waals surface area contributed by atoms with E-state index in [1.165, 1.54) is 0 Å². The van der Waals surface area contributed by atoms with Crippen molar-refractivity contribution in [1.82, 2.24) is 15.3 Å². The lowest BCUT2D eigenvalue weighted by atomic mass is 10.4.